The zero-order valence-electron chi connectivity index (χ0n) is 26.3. The summed E-state index contributed by atoms with van der Waals surface area (Å²) in [6.45, 7) is 14.1. The van der Waals surface area contributed by atoms with E-state index in [1.807, 2.05) is 101 Å². The van der Waals surface area contributed by atoms with Gasteiger partial charge in [0, 0.05) is 17.5 Å². The van der Waals surface area contributed by atoms with Crippen LogP contribution in [0.4, 0.5) is 0 Å². The van der Waals surface area contributed by atoms with Crippen LogP contribution >= 0.6 is 0 Å². The van der Waals surface area contributed by atoms with E-state index in [9.17, 15) is 9.59 Å². The Balaban J connectivity index is 0.00000207. The number of benzene rings is 3. The summed E-state index contributed by atoms with van der Waals surface area (Å²) in [7, 11) is 0. The lowest BCUT2D eigenvalue weighted by molar-refractivity contribution is -0.144. The Morgan fingerprint density at radius 3 is 2.19 bits per heavy atom. The van der Waals surface area contributed by atoms with Gasteiger partial charge in [0.1, 0.15) is 11.6 Å². The second-order valence-electron chi connectivity index (χ2n) is 11.4. The van der Waals surface area contributed by atoms with E-state index in [0.717, 1.165) is 40.7 Å². The summed E-state index contributed by atoms with van der Waals surface area (Å²) in [6.07, 6.45) is 1.35. The minimum absolute atomic E-state index is 0.0444. The summed E-state index contributed by atoms with van der Waals surface area (Å²) in [6, 6.07) is 25.3. The van der Waals surface area contributed by atoms with Crippen molar-refractivity contribution in [3.05, 3.63) is 90.0 Å². The van der Waals surface area contributed by atoms with E-state index in [2.05, 4.69) is 36.3 Å². The van der Waals surface area contributed by atoms with Gasteiger partial charge in [-0.05, 0) is 48.1 Å². The fourth-order valence-corrected chi connectivity index (χ4v) is 5.34. The largest absolute Gasteiger partial charge is 0.435 e. The normalized spacial score (nSPS) is 16.6. The number of hydrogen-bond donors (Lipinski definition) is 0. The monoisotopic (exact) mass is 581 g/mol. The topological polar surface area (TPSA) is 90.2 Å². The summed E-state index contributed by atoms with van der Waals surface area (Å²) in [5, 5.41) is 13.6. The highest BCUT2D eigenvalue weighted by atomic mass is 16.6. The molecule has 4 aromatic rings. The molecular formula is C35H43N5O3. The highest BCUT2D eigenvalue weighted by Crippen LogP contribution is 2.37. The molecule has 1 unspecified atom stereocenters. The number of unbranched alkanes of at least 4 members (excludes halogenated alkanes) is 1. The van der Waals surface area contributed by atoms with Crippen LogP contribution in [0.5, 0.6) is 0 Å². The molecule has 3 aromatic carbocycles. The summed E-state index contributed by atoms with van der Waals surface area (Å²) in [5.74, 6) is 0.0863. The van der Waals surface area contributed by atoms with Crippen molar-refractivity contribution in [3.8, 4) is 22.5 Å². The lowest BCUT2D eigenvalue weighted by Gasteiger charge is -2.28. The van der Waals surface area contributed by atoms with Crippen molar-refractivity contribution in [2.45, 2.75) is 85.5 Å². The molecule has 1 aromatic heterocycles. The maximum Gasteiger partial charge on any atom is 0.331 e. The van der Waals surface area contributed by atoms with E-state index in [4.69, 9.17) is 9.84 Å². The van der Waals surface area contributed by atoms with Gasteiger partial charge < -0.3 is 4.74 Å². The van der Waals surface area contributed by atoms with Crippen LogP contribution in [0.1, 0.15) is 85.1 Å². The van der Waals surface area contributed by atoms with Gasteiger partial charge in [0.25, 0.3) is 0 Å². The molecule has 0 radical (unpaired) electrons. The second-order valence-corrected chi connectivity index (χ2v) is 11.4. The number of hydrogen-bond acceptors (Lipinski definition) is 6. The maximum absolute atomic E-state index is 13.2. The number of esters is 1. The number of aromatic nitrogens is 4. The van der Waals surface area contributed by atoms with E-state index >= 15 is 0 Å². The third-order valence-corrected chi connectivity index (χ3v) is 7.75. The summed E-state index contributed by atoms with van der Waals surface area (Å²) in [5.41, 5.74) is 4.14. The smallest absolute Gasteiger partial charge is 0.331 e. The fraction of sp³-hybridized carbons (Fsp3) is 0.400. The van der Waals surface area contributed by atoms with Gasteiger partial charge in [-0.15, -0.1) is 10.2 Å². The van der Waals surface area contributed by atoms with E-state index in [-0.39, 0.29) is 17.8 Å². The molecule has 43 heavy (non-hydrogen) atoms. The number of cyclic esters (lactones) is 1. The van der Waals surface area contributed by atoms with Crippen LogP contribution < -0.4 is 0 Å². The van der Waals surface area contributed by atoms with Crippen LogP contribution in [-0.4, -0.2) is 43.0 Å². The standard InChI is InChI=1S/C33H37N5O3.C2H6/c1-6-7-17-28(39)37-29(22(2)3)32(40)41-31(37)24-20-18-23(19-21-24)26-15-11-12-16-27(26)30-34-36-38(35-30)33(4,5)25-13-9-8-10-14-25;1-2/h8-16,18-22,29,31H,6-7,17H2,1-5H3;1-2H3/t29-,31?;/m0./s1. The molecule has 0 bridgehead atoms. The molecule has 2 heterocycles. The average Bonchev–Trinajstić information content (AvgIpc) is 3.67. The number of amides is 1. The first-order valence-electron chi connectivity index (χ1n) is 15.3. The fourth-order valence-electron chi connectivity index (χ4n) is 5.34. The van der Waals surface area contributed by atoms with Gasteiger partial charge in [-0.25, -0.2) is 4.79 Å². The van der Waals surface area contributed by atoms with Crippen LogP contribution in [0, 0.1) is 5.92 Å². The summed E-state index contributed by atoms with van der Waals surface area (Å²) >= 11 is 0. The molecule has 8 nitrogen and oxygen atoms in total. The van der Waals surface area contributed by atoms with E-state index in [0.29, 0.717) is 12.2 Å². The molecule has 0 saturated carbocycles. The van der Waals surface area contributed by atoms with Crippen molar-refractivity contribution in [1.29, 1.82) is 0 Å². The van der Waals surface area contributed by atoms with Crippen molar-refractivity contribution < 1.29 is 14.3 Å². The molecule has 1 aliphatic rings. The Hall–Kier alpha value is -4.33. The first-order chi connectivity index (χ1) is 20.7. The Labute approximate surface area is 255 Å². The maximum atomic E-state index is 13.2. The summed E-state index contributed by atoms with van der Waals surface area (Å²) in [4.78, 5) is 29.3. The predicted molar refractivity (Wildman–Crippen MR) is 169 cm³/mol. The third kappa shape index (κ3) is 6.53. The van der Waals surface area contributed by atoms with Gasteiger partial charge in [-0.3, -0.25) is 9.69 Å². The molecule has 0 aliphatic carbocycles. The average molecular weight is 582 g/mol. The molecule has 0 N–H and O–H groups in total. The molecule has 1 amide bonds. The number of tetrazole rings is 1. The van der Waals surface area contributed by atoms with Crippen LogP contribution in [0.25, 0.3) is 22.5 Å². The Kier molecular flexibility index (Phi) is 10.1. The predicted octanol–water partition coefficient (Wildman–Crippen LogP) is 7.42. The van der Waals surface area contributed by atoms with Gasteiger partial charge in [0.15, 0.2) is 0 Å². The highest BCUT2D eigenvalue weighted by molar-refractivity contribution is 5.88. The van der Waals surface area contributed by atoms with E-state index < -0.39 is 17.8 Å². The number of rotatable bonds is 9. The summed E-state index contributed by atoms with van der Waals surface area (Å²) < 4.78 is 5.78. The van der Waals surface area contributed by atoms with Gasteiger partial charge in [0.2, 0.25) is 18.0 Å². The van der Waals surface area contributed by atoms with Crippen molar-refractivity contribution >= 4 is 11.9 Å². The number of carbonyl (C=O) groups excluding carboxylic acids is 2. The molecule has 0 spiro atoms. The van der Waals surface area contributed by atoms with Crippen LogP contribution in [-0.2, 0) is 19.9 Å². The molecular weight excluding hydrogens is 538 g/mol. The minimum Gasteiger partial charge on any atom is -0.435 e. The molecule has 226 valence electrons. The molecule has 1 fully saturated rings. The van der Waals surface area contributed by atoms with Gasteiger partial charge in [-0.1, -0.05) is 120 Å². The van der Waals surface area contributed by atoms with Crippen molar-refractivity contribution in [1.82, 2.24) is 25.1 Å². The molecule has 1 saturated heterocycles. The first kappa shape index (κ1) is 31.6. The molecule has 2 atom stereocenters. The SMILES string of the molecule is CC.CCCCC(=O)N1C(c2ccc(-c3ccccc3-c3nnn(C(C)(C)c4ccccc4)n3)cc2)OC(=O)[C@@H]1C(C)C. The van der Waals surface area contributed by atoms with E-state index in [1.54, 1.807) is 9.70 Å². The number of ether oxygens (including phenoxy) is 1. The molecule has 1 aliphatic heterocycles. The second kappa shape index (κ2) is 13.8. The Bertz CT molecular complexity index is 1510. The van der Waals surface area contributed by atoms with Crippen LogP contribution in [0.2, 0.25) is 0 Å². The zero-order valence-corrected chi connectivity index (χ0v) is 26.3. The highest BCUT2D eigenvalue weighted by Gasteiger charge is 2.46. The van der Waals surface area contributed by atoms with Crippen LogP contribution in [0.3, 0.4) is 0 Å². The third-order valence-electron chi connectivity index (χ3n) is 7.75. The lowest BCUT2D eigenvalue weighted by atomic mass is 9.95. The van der Waals surface area contributed by atoms with Crippen molar-refractivity contribution in [2.75, 3.05) is 0 Å². The Morgan fingerprint density at radius 1 is 0.930 bits per heavy atom. The van der Waals surface area contributed by atoms with Gasteiger partial charge in [0.05, 0.1) is 0 Å². The zero-order chi connectivity index (χ0) is 31.1. The minimum atomic E-state index is -0.731. The van der Waals surface area contributed by atoms with Gasteiger partial charge in [-0.2, -0.15) is 4.80 Å². The van der Waals surface area contributed by atoms with Crippen molar-refractivity contribution in [2.24, 2.45) is 5.92 Å². The van der Waals surface area contributed by atoms with Gasteiger partial charge >= 0.3 is 5.97 Å². The quantitative estimate of drug-likeness (QED) is 0.191. The van der Waals surface area contributed by atoms with Crippen molar-refractivity contribution in [3.63, 3.8) is 0 Å². The molecule has 8 heteroatoms. The van der Waals surface area contributed by atoms with Crippen LogP contribution in [0.15, 0.2) is 78.9 Å². The molecule has 5 rings (SSSR count). The number of nitrogens with zero attached hydrogens (tertiary/aromatic N) is 5. The number of carbonyl (C=O) groups is 2. The van der Waals surface area contributed by atoms with E-state index in [1.165, 1.54) is 0 Å². The first-order valence-corrected chi connectivity index (χ1v) is 15.3. The lowest BCUT2D eigenvalue weighted by Crippen LogP contribution is -2.42. The Morgan fingerprint density at radius 2 is 1.56 bits per heavy atom.